The number of aliphatic imine (C=N–C) groups is 1. The normalized spacial score (nSPS) is 10.7. The Morgan fingerprint density at radius 1 is 1.32 bits per heavy atom. The van der Waals surface area contributed by atoms with Gasteiger partial charge in [0, 0.05) is 23.7 Å². The van der Waals surface area contributed by atoms with Gasteiger partial charge in [-0.05, 0) is 23.9 Å². The van der Waals surface area contributed by atoms with E-state index in [1.807, 2.05) is 12.1 Å². The molecule has 0 saturated heterocycles. The van der Waals surface area contributed by atoms with E-state index in [2.05, 4.69) is 45.0 Å². The van der Waals surface area contributed by atoms with E-state index in [-0.39, 0.29) is 24.0 Å². The molecule has 0 unspecified atom stereocenters. The molecule has 0 fully saturated rings. The average molecular weight is 432 g/mol. The van der Waals surface area contributed by atoms with Gasteiger partial charge < -0.3 is 15.4 Å². The van der Waals surface area contributed by atoms with E-state index < -0.39 is 0 Å². The van der Waals surface area contributed by atoms with Crippen LogP contribution in [0, 0.1) is 0 Å². The first kappa shape index (κ1) is 18.7. The van der Waals surface area contributed by atoms with Crippen molar-refractivity contribution in [2.45, 2.75) is 20.0 Å². The third-order valence-corrected chi connectivity index (χ3v) is 3.66. The van der Waals surface area contributed by atoms with Crippen LogP contribution in [-0.2, 0) is 13.1 Å². The Bertz CT molecular complexity index is 557. The largest absolute Gasteiger partial charge is 0.481 e. The summed E-state index contributed by atoms with van der Waals surface area (Å²) < 4.78 is 5.04. The molecular weight excluding hydrogens is 411 g/mol. The third-order valence-electron chi connectivity index (χ3n) is 2.78. The maximum Gasteiger partial charge on any atom is 0.212 e. The molecular formula is C15H21IN4OS. The summed E-state index contributed by atoms with van der Waals surface area (Å²) in [5, 5.41) is 8.63. The highest BCUT2D eigenvalue weighted by Crippen LogP contribution is 2.08. The van der Waals surface area contributed by atoms with Gasteiger partial charge in [0.05, 0.1) is 20.2 Å². The van der Waals surface area contributed by atoms with Gasteiger partial charge >= 0.3 is 0 Å². The van der Waals surface area contributed by atoms with E-state index in [9.17, 15) is 0 Å². The Balaban J connectivity index is 0.00000242. The van der Waals surface area contributed by atoms with Crippen molar-refractivity contribution in [3.8, 4) is 5.88 Å². The van der Waals surface area contributed by atoms with Crippen LogP contribution in [0.3, 0.4) is 0 Å². The predicted octanol–water partition coefficient (Wildman–Crippen LogP) is 3.03. The van der Waals surface area contributed by atoms with E-state index >= 15 is 0 Å². The first-order valence-electron chi connectivity index (χ1n) is 6.85. The van der Waals surface area contributed by atoms with E-state index in [1.54, 1.807) is 24.6 Å². The van der Waals surface area contributed by atoms with Crippen molar-refractivity contribution in [2.24, 2.45) is 4.99 Å². The first-order chi connectivity index (χ1) is 10.3. The number of halogens is 1. The van der Waals surface area contributed by atoms with Crippen molar-refractivity contribution in [2.75, 3.05) is 13.7 Å². The van der Waals surface area contributed by atoms with Crippen LogP contribution in [0.15, 0.2) is 40.8 Å². The number of nitrogens with one attached hydrogen (secondary N) is 2. The Morgan fingerprint density at radius 2 is 2.18 bits per heavy atom. The first-order valence-corrected chi connectivity index (χ1v) is 7.73. The highest BCUT2D eigenvalue weighted by atomic mass is 127. The second-order valence-electron chi connectivity index (χ2n) is 4.34. The van der Waals surface area contributed by atoms with Gasteiger partial charge in [0.1, 0.15) is 0 Å². The van der Waals surface area contributed by atoms with Crippen LogP contribution in [0.25, 0.3) is 0 Å². The summed E-state index contributed by atoms with van der Waals surface area (Å²) in [7, 11) is 1.61. The standard InChI is InChI=1S/C15H20N4OS.HI/c1-3-16-15(19-11-13-5-4-8-21-13)18-10-12-6-7-14(20-2)17-9-12;/h4-9H,3,10-11H2,1-2H3,(H2,16,18,19);1H. The van der Waals surface area contributed by atoms with Crippen LogP contribution < -0.4 is 15.4 Å². The highest BCUT2D eigenvalue weighted by molar-refractivity contribution is 14.0. The van der Waals surface area contributed by atoms with Crippen molar-refractivity contribution in [1.82, 2.24) is 15.6 Å². The molecule has 2 rings (SSSR count). The lowest BCUT2D eigenvalue weighted by Gasteiger charge is -2.10. The van der Waals surface area contributed by atoms with Crippen molar-refractivity contribution in [3.63, 3.8) is 0 Å². The number of nitrogens with zero attached hydrogens (tertiary/aromatic N) is 2. The van der Waals surface area contributed by atoms with Crippen LogP contribution >= 0.6 is 35.3 Å². The molecule has 0 amide bonds. The molecule has 5 nitrogen and oxygen atoms in total. The monoisotopic (exact) mass is 432 g/mol. The minimum absolute atomic E-state index is 0. The summed E-state index contributed by atoms with van der Waals surface area (Å²) in [6, 6.07) is 7.97. The summed E-state index contributed by atoms with van der Waals surface area (Å²) in [4.78, 5) is 10.0. The van der Waals surface area contributed by atoms with Gasteiger partial charge in [-0.3, -0.25) is 0 Å². The molecule has 2 heterocycles. The number of guanidine groups is 1. The van der Waals surface area contributed by atoms with Gasteiger partial charge in [-0.1, -0.05) is 12.1 Å². The minimum atomic E-state index is 0. The molecule has 2 N–H and O–H groups in total. The van der Waals surface area contributed by atoms with Crippen molar-refractivity contribution in [3.05, 3.63) is 46.3 Å². The Kier molecular flexibility index (Phi) is 8.83. The van der Waals surface area contributed by atoms with Gasteiger partial charge in [-0.2, -0.15) is 0 Å². The molecule has 2 aromatic rings. The van der Waals surface area contributed by atoms with Crippen LogP contribution in [0.2, 0.25) is 0 Å². The molecule has 0 spiro atoms. The zero-order chi connectivity index (χ0) is 14.9. The van der Waals surface area contributed by atoms with E-state index in [4.69, 9.17) is 4.74 Å². The topological polar surface area (TPSA) is 58.5 Å². The number of hydrogen-bond donors (Lipinski definition) is 2. The van der Waals surface area contributed by atoms with E-state index in [0.717, 1.165) is 24.6 Å². The quantitative estimate of drug-likeness (QED) is 0.419. The second kappa shape index (κ2) is 10.4. The summed E-state index contributed by atoms with van der Waals surface area (Å²) in [6.45, 7) is 4.25. The highest BCUT2D eigenvalue weighted by Gasteiger charge is 2.00. The molecule has 0 bridgehead atoms. The lowest BCUT2D eigenvalue weighted by Crippen LogP contribution is -2.36. The molecule has 2 aromatic heterocycles. The van der Waals surface area contributed by atoms with Gasteiger partial charge in [-0.25, -0.2) is 9.98 Å². The molecule has 0 radical (unpaired) electrons. The van der Waals surface area contributed by atoms with Crippen molar-refractivity contribution < 1.29 is 4.74 Å². The van der Waals surface area contributed by atoms with Crippen LogP contribution in [0.5, 0.6) is 5.88 Å². The molecule has 0 atom stereocenters. The molecule has 0 saturated carbocycles. The van der Waals surface area contributed by atoms with Crippen LogP contribution in [-0.4, -0.2) is 24.6 Å². The minimum Gasteiger partial charge on any atom is -0.481 e. The van der Waals surface area contributed by atoms with Gasteiger partial charge in [-0.15, -0.1) is 35.3 Å². The number of methoxy groups -OCH3 is 1. The van der Waals surface area contributed by atoms with Gasteiger partial charge in [0.15, 0.2) is 5.96 Å². The Labute approximate surface area is 152 Å². The summed E-state index contributed by atoms with van der Waals surface area (Å²) >= 11 is 1.73. The smallest absolute Gasteiger partial charge is 0.212 e. The molecule has 0 aromatic carbocycles. The number of aromatic nitrogens is 1. The van der Waals surface area contributed by atoms with Gasteiger partial charge in [0.25, 0.3) is 0 Å². The van der Waals surface area contributed by atoms with Gasteiger partial charge in [0.2, 0.25) is 5.88 Å². The maximum atomic E-state index is 5.04. The Hall–Kier alpha value is -1.35. The van der Waals surface area contributed by atoms with E-state index in [0.29, 0.717) is 12.4 Å². The summed E-state index contributed by atoms with van der Waals surface area (Å²) in [5.41, 5.74) is 1.05. The lowest BCUT2D eigenvalue weighted by atomic mass is 10.3. The van der Waals surface area contributed by atoms with E-state index in [1.165, 1.54) is 4.88 Å². The summed E-state index contributed by atoms with van der Waals surface area (Å²) in [5.74, 6) is 1.42. The lowest BCUT2D eigenvalue weighted by molar-refractivity contribution is 0.397. The average Bonchev–Trinajstić information content (AvgIpc) is 3.04. The molecule has 120 valence electrons. The zero-order valence-corrected chi connectivity index (χ0v) is 15.9. The fraction of sp³-hybridized carbons (Fsp3) is 0.333. The molecule has 0 aliphatic rings. The number of rotatable bonds is 6. The Morgan fingerprint density at radius 3 is 2.77 bits per heavy atom. The fourth-order valence-electron chi connectivity index (χ4n) is 1.72. The number of thiophene rings is 1. The van der Waals surface area contributed by atoms with Crippen LogP contribution in [0.4, 0.5) is 0 Å². The molecule has 0 aliphatic heterocycles. The number of ether oxygens (including phenoxy) is 1. The fourth-order valence-corrected chi connectivity index (χ4v) is 2.37. The molecule has 0 aliphatic carbocycles. The molecule has 7 heteroatoms. The predicted molar refractivity (Wildman–Crippen MR) is 102 cm³/mol. The zero-order valence-electron chi connectivity index (χ0n) is 12.7. The molecule has 22 heavy (non-hydrogen) atoms. The second-order valence-corrected chi connectivity index (χ2v) is 5.37. The number of pyridine rings is 1. The van der Waals surface area contributed by atoms with Crippen molar-refractivity contribution >= 4 is 41.3 Å². The maximum absolute atomic E-state index is 5.04. The summed E-state index contributed by atoms with van der Waals surface area (Å²) in [6.07, 6.45) is 1.78. The SMILES string of the molecule is CCNC(=NCc1ccc(OC)nc1)NCc1cccs1.I. The third kappa shape index (κ3) is 6.18. The number of hydrogen-bond acceptors (Lipinski definition) is 4. The van der Waals surface area contributed by atoms with Crippen molar-refractivity contribution in [1.29, 1.82) is 0 Å². The van der Waals surface area contributed by atoms with Crippen LogP contribution in [0.1, 0.15) is 17.4 Å².